The Labute approximate surface area is 505 Å². The van der Waals surface area contributed by atoms with Crippen molar-refractivity contribution in [1.82, 2.24) is 57.5 Å². The predicted octanol–water partition coefficient (Wildman–Crippen LogP) is 1.32. The fourth-order valence-electron chi connectivity index (χ4n) is 10.7. The van der Waals surface area contributed by atoms with Gasteiger partial charge in [-0.15, -0.1) is 0 Å². The molecule has 1 aliphatic rings. The van der Waals surface area contributed by atoms with Crippen LogP contribution in [0.25, 0.3) is 32.7 Å². The zero-order valence-electron chi connectivity index (χ0n) is 48.1. The maximum atomic E-state index is 15.3. The summed E-state index contributed by atoms with van der Waals surface area (Å²) in [4.78, 5) is 149. The fraction of sp³-hybridized carbons (Fsp3) is 0.355. The van der Waals surface area contributed by atoms with Crippen LogP contribution in [0.2, 0.25) is 0 Å². The van der Waals surface area contributed by atoms with Gasteiger partial charge in [0.1, 0.15) is 42.3 Å². The van der Waals surface area contributed by atoms with E-state index >= 15 is 14.4 Å². The van der Waals surface area contributed by atoms with E-state index in [1.54, 1.807) is 55.0 Å². The highest BCUT2D eigenvalue weighted by molar-refractivity contribution is 7.98. The molecule has 87 heavy (non-hydrogen) atoms. The first-order valence-electron chi connectivity index (χ1n) is 28.8. The number of nitrogens with one attached hydrogen (secondary N) is 11. The lowest BCUT2D eigenvalue weighted by molar-refractivity contribution is -0.136. The summed E-state index contributed by atoms with van der Waals surface area (Å²) in [6.45, 7) is 0.580. The first-order valence-corrected chi connectivity index (χ1v) is 30.2. The molecule has 0 spiro atoms. The Balaban J connectivity index is 1.11. The van der Waals surface area contributed by atoms with Crippen LogP contribution in [0.5, 0.6) is 0 Å². The molecular formula is C62H74N14O10S. The van der Waals surface area contributed by atoms with Crippen LogP contribution in [-0.4, -0.2) is 141 Å². The van der Waals surface area contributed by atoms with Crippen LogP contribution in [0.15, 0.2) is 122 Å². The van der Waals surface area contributed by atoms with E-state index in [1.165, 1.54) is 11.8 Å². The Hall–Kier alpha value is -9.49. The third-order valence-corrected chi connectivity index (χ3v) is 16.0. The van der Waals surface area contributed by atoms with E-state index in [0.717, 1.165) is 28.2 Å². The Morgan fingerprint density at radius 3 is 1.22 bits per heavy atom. The summed E-state index contributed by atoms with van der Waals surface area (Å²) in [5.74, 6) is -7.28. The molecule has 24 nitrogen and oxygen atoms in total. The van der Waals surface area contributed by atoms with Gasteiger partial charge in [-0.25, -0.2) is 0 Å². The number of carbonyl (C=O) groups is 10. The molecule has 25 heteroatoms. The molecule has 3 aromatic heterocycles. The zero-order valence-corrected chi connectivity index (χ0v) is 48.9. The first kappa shape index (κ1) is 63.5. The van der Waals surface area contributed by atoms with Crippen LogP contribution in [0.1, 0.15) is 67.2 Å². The number of aromatic amines is 3. The Morgan fingerprint density at radius 2 is 0.828 bits per heavy atom. The summed E-state index contributed by atoms with van der Waals surface area (Å²) in [6, 6.07) is 20.6. The second-order valence-electron chi connectivity index (χ2n) is 21.7. The van der Waals surface area contributed by atoms with E-state index in [-0.39, 0.29) is 51.4 Å². The highest BCUT2D eigenvalue weighted by atomic mass is 32.2. The number of thioether (sulfide) groups is 1. The van der Waals surface area contributed by atoms with Gasteiger partial charge in [0.2, 0.25) is 59.1 Å². The van der Waals surface area contributed by atoms with E-state index in [4.69, 9.17) is 17.2 Å². The van der Waals surface area contributed by atoms with E-state index in [1.807, 2.05) is 73.0 Å². The molecule has 4 aromatic carbocycles. The molecule has 8 atom stereocenters. The molecule has 0 unspecified atom stereocenters. The van der Waals surface area contributed by atoms with Crippen LogP contribution in [0.4, 0.5) is 0 Å². The van der Waals surface area contributed by atoms with Crippen LogP contribution >= 0.6 is 11.8 Å². The van der Waals surface area contributed by atoms with Crippen LogP contribution in [0, 0.1) is 0 Å². The quantitative estimate of drug-likeness (QED) is 0.0284. The number of rotatable bonds is 32. The fourth-order valence-corrected chi connectivity index (χ4v) is 11.2. The molecule has 1 aliphatic heterocycles. The summed E-state index contributed by atoms with van der Waals surface area (Å²) in [5, 5.41) is 24.7. The summed E-state index contributed by atoms with van der Waals surface area (Å²) in [7, 11) is 0. The van der Waals surface area contributed by atoms with Crippen LogP contribution < -0.4 is 59.7 Å². The second kappa shape index (κ2) is 30.5. The molecule has 7 aromatic rings. The maximum Gasteiger partial charge on any atom is 0.243 e. The number of hydrogen-bond donors (Lipinski definition) is 14. The molecule has 4 heterocycles. The van der Waals surface area contributed by atoms with E-state index in [2.05, 4.69) is 57.5 Å². The molecule has 0 saturated carbocycles. The molecule has 458 valence electrons. The number of benzene rings is 4. The second-order valence-corrected chi connectivity index (χ2v) is 22.6. The highest BCUT2D eigenvalue weighted by Gasteiger charge is 2.36. The number of H-pyrrole nitrogens is 3. The molecule has 0 bridgehead atoms. The van der Waals surface area contributed by atoms with Gasteiger partial charge in [0.25, 0.3) is 0 Å². The lowest BCUT2D eigenvalue weighted by atomic mass is 9.99. The molecule has 0 aliphatic carbocycles. The number of para-hydroxylation sites is 3. The van der Waals surface area contributed by atoms with Crippen molar-refractivity contribution in [3.63, 3.8) is 0 Å². The zero-order chi connectivity index (χ0) is 62.0. The number of aromatic nitrogens is 3. The average molecular weight is 1210 g/mol. The first-order chi connectivity index (χ1) is 41.9. The minimum atomic E-state index is -1.54. The van der Waals surface area contributed by atoms with Crippen LogP contribution in [0.3, 0.4) is 0 Å². The summed E-state index contributed by atoms with van der Waals surface area (Å²) in [5.41, 5.74) is 21.5. The van der Waals surface area contributed by atoms with Gasteiger partial charge in [0, 0.05) is 89.8 Å². The van der Waals surface area contributed by atoms with E-state index in [0.29, 0.717) is 51.9 Å². The summed E-state index contributed by atoms with van der Waals surface area (Å²) < 4.78 is 0. The monoisotopic (exact) mass is 1210 g/mol. The smallest absolute Gasteiger partial charge is 0.243 e. The summed E-state index contributed by atoms with van der Waals surface area (Å²) >= 11 is 1.46. The highest BCUT2D eigenvalue weighted by Crippen LogP contribution is 2.23. The number of nitrogens with two attached hydrogens (primary N) is 3. The number of amides is 10. The van der Waals surface area contributed by atoms with Gasteiger partial charge >= 0.3 is 0 Å². The van der Waals surface area contributed by atoms with Crippen molar-refractivity contribution in [2.45, 2.75) is 119 Å². The van der Waals surface area contributed by atoms with Gasteiger partial charge < -0.3 is 74.7 Å². The lowest BCUT2D eigenvalue weighted by Crippen LogP contribution is -2.61. The number of fused-ring (bicyclic) bond motifs is 3. The van der Waals surface area contributed by atoms with Crippen molar-refractivity contribution < 1.29 is 47.9 Å². The molecule has 1 saturated heterocycles. The number of carbonyl (C=O) groups excluding carboxylic acids is 10. The van der Waals surface area contributed by atoms with Crippen molar-refractivity contribution in [2.24, 2.45) is 17.2 Å². The molecule has 10 amide bonds. The average Bonchev–Trinajstić information content (AvgIpc) is 2.69. The van der Waals surface area contributed by atoms with Gasteiger partial charge in [0.15, 0.2) is 0 Å². The molecule has 1 fully saturated rings. The van der Waals surface area contributed by atoms with Crippen molar-refractivity contribution >= 4 is 104 Å². The minimum absolute atomic E-state index is 0.0444. The van der Waals surface area contributed by atoms with Gasteiger partial charge in [-0.1, -0.05) is 84.9 Å². The predicted molar refractivity (Wildman–Crippen MR) is 330 cm³/mol. The number of primary amides is 3. The third kappa shape index (κ3) is 17.6. The SMILES string of the molecule is CSCC[C@H](NC(=O)[C@@H](Cc1c[nH]c2ccccc12)NC(=O)[C@@H](Cc1c[nH]c2ccccc12)NC(=O)[C@H](Cc1ccccc1)NC(=O)[C@@H](Cc1c[nH]c2ccccc12)NC(=O)[C@H](CCC(N)=O)NC(=O)[C@H](CCC(N)=O)NC(=O)[C@H]1CCCN1)C(N)=O. The van der Waals surface area contributed by atoms with Gasteiger partial charge in [-0.2, -0.15) is 11.8 Å². The maximum absolute atomic E-state index is 15.3. The van der Waals surface area contributed by atoms with Crippen molar-refractivity contribution in [1.29, 1.82) is 0 Å². The van der Waals surface area contributed by atoms with E-state index < -0.39 is 114 Å². The van der Waals surface area contributed by atoms with Crippen molar-refractivity contribution in [2.75, 3.05) is 18.6 Å². The van der Waals surface area contributed by atoms with Gasteiger partial charge in [0.05, 0.1) is 6.04 Å². The molecule has 0 radical (unpaired) electrons. The Kier molecular flexibility index (Phi) is 22.3. The summed E-state index contributed by atoms with van der Waals surface area (Å²) in [6.07, 6.45) is 6.68. The van der Waals surface area contributed by atoms with E-state index in [9.17, 15) is 33.6 Å². The lowest BCUT2D eigenvalue weighted by Gasteiger charge is -2.28. The Bertz CT molecular complexity index is 3600. The normalized spacial score (nSPS) is 15.4. The standard InChI is InChI=1S/C62H74N14O10S/c1-87-27-25-45(55(65)79)70-60(84)50(29-36-32-67-42-17-8-5-14-39(36)42)76-62(86)52(31-38-34-69-44-19-10-7-16-41(38)44)75-59(83)49(28-35-12-3-2-4-13-35)73-61(85)51(30-37-33-68-43-18-9-6-15-40(37)43)74-58(82)48(22-24-54(64)78)72-57(81)47(21-23-53(63)77)71-56(80)46-20-11-26-66-46/h2-10,12-19,32-34,45-52,66-69H,11,20-31H2,1H3,(H2,63,77)(H2,64,78)(H2,65,79)(H,70,84)(H,71,80)(H,72,81)(H,73,85)(H,74,82)(H,75,83)(H,76,86)/t45-,46+,47-,48-,49-,50+,51+,52+/m0/s1. The minimum Gasteiger partial charge on any atom is -0.370 e. The van der Waals surface area contributed by atoms with Gasteiger partial charge in [-0.3, -0.25) is 47.9 Å². The molecular weight excluding hydrogens is 1130 g/mol. The topological polar surface area (TPSA) is 392 Å². The largest absolute Gasteiger partial charge is 0.370 e. The number of hydrogen-bond acceptors (Lipinski definition) is 12. The molecule has 8 rings (SSSR count). The Morgan fingerprint density at radius 1 is 0.460 bits per heavy atom. The van der Waals surface area contributed by atoms with Crippen molar-refractivity contribution in [3.8, 4) is 0 Å². The molecule has 17 N–H and O–H groups in total. The third-order valence-electron chi connectivity index (χ3n) is 15.4. The van der Waals surface area contributed by atoms with Crippen LogP contribution in [-0.2, 0) is 73.6 Å². The van der Waals surface area contributed by atoms with Gasteiger partial charge in [-0.05, 0) is 91.1 Å². The van der Waals surface area contributed by atoms with Crippen molar-refractivity contribution in [3.05, 3.63) is 144 Å².